The topological polar surface area (TPSA) is 78.0 Å². The van der Waals surface area contributed by atoms with Crippen LogP contribution < -0.4 is 9.64 Å². The number of ether oxygens (including phenoxy) is 3. The molecule has 0 bridgehead atoms. The van der Waals surface area contributed by atoms with Crippen molar-refractivity contribution >= 4 is 38.6 Å². The van der Waals surface area contributed by atoms with Crippen LogP contribution in [-0.2, 0) is 9.47 Å². The minimum atomic E-state index is -4.81. The van der Waals surface area contributed by atoms with Gasteiger partial charge in [0.05, 0.1) is 35.5 Å². The van der Waals surface area contributed by atoms with Crippen molar-refractivity contribution in [1.29, 1.82) is 0 Å². The molecule has 1 saturated heterocycles. The third-order valence-corrected chi connectivity index (χ3v) is 6.06. The Morgan fingerprint density at radius 1 is 1.18 bits per heavy atom. The van der Waals surface area contributed by atoms with Gasteiger partial charge in [-0.3, -0.25) is 9.69 Å². The van der Waals surface area contributed by atoms with E-state index in [0.29, 0.717) is 33.1 Å². The molecule has 0 aliphatic carbocycles. The molecular formula is C22H19F3N2O5S. The van der Waals surface area contributed by atoms with E-state index in [9.17, 15) is 22.8 Å². The fourth-order valence-corrected chi connectivity index (χ4v) is 4.47. The quantitative estimate of drug-likeness (QED) is 0.472. The van der Waals surface area contributed by atoms with Gasteiger partial charge in [0.25, 0.3) is 5.91 Å². The number of nitrogens with zero attached hydrogens (tertiary/aromatic N) is 2. The minimum Gasteiger partial charge on any atom is -0.465 e. The number of carbonyl (C=O) groups excluding carboxylic acids is 2. The highest BCUT2D eigenvalue weighted by Gasteiger charge is 2.31. The Labute approximate surface area is 190 Å². The summed E-state index contributed by atoms with van der Waals surface area (Å²) < 4.78 is 52.5. The molecule has 3 aromatic rings. The van der Waals surface area contributed by atoms with Crippen LogP contribution in [0.3, 0.4) is 0 Å². The smallest absolute Gasteiger partial charge is 0.465 e. The van der Waals surface area contributed by atoms with Crippen LogP contribution in [0.5, 0.6) is 5.75 Å². The van der Waals surface area contributed by atoms with Crippen molar-refractivity contribution < 1.29 is 37.0 Å². The Hall–Kier alpha value is -3.18. The van der Waals surface area contributed by atoms with Crippen LogP contribution in [-0.4, -0.2) is 49.6 Å². The molecule has 4 rings (SSSR count). The predicted molar refractivity (Wildman–Crippen MR) is 115 cm³/mol. The summed E-state index contributed by atoms with van der Waals surface area (Å²) in [6.07, 6.45) is -3.34. The van der Waals surface area contributed by atoms with Gasteiger partial charge in [-0.25, -0.2) is 9.78 Å². The molecule has 2 heterocycles. The standard InChI is InChI=1S/C22H19F3N2O5S/c1-30-20(29)14-6-4-13(5-7-14)19(28)27(12-16-3-2-10-31-16)21-26-17-9-8-15(11-18(17)33-21)32-22(23,24)25/h4-9,11,16H,2-3,10,12H2,1H3. The van der Waals surface area contributed by atoms with E-state index in [1.165, 1.54) is 54.5 Å². The monoisotopic (exact) mass is 480 g/mol. The largest absolute Gasteiger partial charge is 0.573 e. The number of anilines is 1. The van der Waals surface area contributed by atoms with E-state index < -0.39 is 12.3 Å². The number of rotatable bonds is 6. The lowest BCUT2D eigenvalue weighted by atomic mass is 10.1. The van der Waals surface area contributed by atoms with E-state index in [-0.39, 0.29) is 24.3 Å². The van der Waals surface area contributed by atoms with E-state index in [1.807, 2.05) is 0 Å². The fourth-order valence-electron chi connectivity index (χ4n) is 3.47. The zero-order valence-electron chi connectivity index (χ0n) is 17.4. The SMILES string of the molecule is COC(=O)c1ccc(C(=O)N(CC2CCCO2)c2nc3ccc(OC(F)(F)F)cc3s2)cc1. The average Bonchev–Trinajstić information content (AvgIpc) is 3.44. The number of esters is 1. The van der Waals surface area contributed by atoms with Gasteiger partial charge in [0, 0.05) is 18.2 Å². The summed E-state index contributed by atoms with van der Waals surface area (Å²) in [6.45, 7) is 0.835. The predicted octanol–water partition coefficient (Wildman–Crippen LogP) is 4.81. The maximum Gasteiger partial charge on any atom is 0.573 e. The van der Waals surface area contributed by atoms with E-state index >= 15 is 0 Å². The van der Waals surface area contributed by atoms with Gasteiger partial charge in [-0.1, -0.05) is 11.3 Å². The third kappa shape index (κ3) is 5.42. The molecule has 11 heteroatoms. The Morgan fingerprint density at radius 3 is 2.55 bits per heavy atom. The molecular weight excluding hydrogens is 461 g/mol. The van der Waals surface area contributed by atoms with Gasteiger partial charge in [-0.2, -0.15) is 0 Å². The third-order valence-electron chi connectivity index (χ3n) is 5.02. The lowest BCUT2D eigenvalue weighted by Crippen LogP contribution is -2.37. The number of amides is 1. The second-order valence-corrected chi connectivity index (χ2v) is 8.30. The normalized spacial score (nSPS) is 16.1. The number of thiazole rings is 1. The molecule has 1 amide bonds. The maximum atomic E-state index is 13.4. The molecule has 1 aliphatic heterocycles. The van der Waals surface area contributed by atoms with Gasteiger partial charge in [-0.05, 0) is 49.2 Å². The number of hydrogen-bond donors (Lipinski definition) is 0. The fraction of sp³-hybridized carbons (Fsp3) is 0.318. The van der Waals surface area contributed by atoms with Crippen molar-refractivity contribution in [2.45, 2.75) is 25.3 Å². The van der Waals surface area contributed by atoms with E-state index in [0.717, 1.165) is 24.2 Å². The second-order valence-electron chi connectivity index (χ2n) is 7.29. The molecule has 1 aliphatic rings. The number of fused-ring (bicyclic) bond motifs is 1. The van der Waals surface area contributed by atoms with Crippen molar-refractivity contribution in [3.8, 4) is 5.75 Å². The molecule has 1 atom stereocenters. The van der Waals surface area contributed by atoms with Crippen LogP contribution in [0.25, 0.3) is 10.2 Å². The van der Waals surface area contributed by atoms with Gasteiger partial charge in [0.2, 0.25) is 0 Å². The molecule has 0 spiro atoms. The Kier molecular flexibility index (Phi) is 6.52. The molecule has 0 radical (unpaired) electrons. The van der Waals surface area contributed by atoms with Crippen molar-refractivity contribution in [3.63, 3.8) is 0 Å². The second kappa shape index (κ2) is 9.36. The molecule has 174 valence electrons. The molecule has 7 nitrogen and oxygen atoms in total. The summed E-state index contributed by atoms with van der Waals surface area (Å²) in [5.74, 6) is -1.25. The van der Waals surface area contributed by atoms with Crippen molar-refractivity contribution in [3.05, 3.63) is 53.6 Å². The maximum absolute atomic E-state index is 13.4. The van der Waals surface area contributed by atoms with Gasteiger partial charge >= 0.3 is 12.3 Å². The lowest BCUT2D eigenvalue weighted by Gasteiger charge is -2.23. The van der Waals surface area contributed by atoms with Crippen molar-refractivity contribution in [2.24, 2.45) is 0 Å². The van der Waals surface area contributed by atoms with Crippen LogP contribution in [0.15, 0.2) is 42.5 Å². The van der Waals surface area contributed by atoms with Crippen LogP contribution in [0.1, 0.15) is 33.6 Å². The summed E-state index contributed by atoms with van der Waals surface area (Å²) in [6, 6.07) is 9.83. The highest BCUT2D eigenvalue weighted by Crippen LogP contribution is 2.34. The van der Waals surface area contributed by atoms with E-state index in [4.69, 9.17) is 4.74 Å². The highest BCUT2D eigenvalue weighted by molar-refractivity contribution is 7.22. The first-order chi connectivity index (χ1) is 15.7. The summed E-state index contributed by atoms with van der Waals surface area (Å²) in [5, 5.41) is 0.326. The van der Waals surface area contributed by atoms with Crippen molar-refractivity contribution in [2.75, 3.05) is 25.2 Å². The first-order valence-corrected chi connectivity index (χ1v) is 10.8. The van der Waals surface area contributed by atoms with Gasteiger partial charge in [-0.15, -0.1) is 13.2 Å². The molecule has 0 saturated carbocycles. The first-order valence-electron chi connectivity index (χ1n) is 10.0. The first kappa shape index (κ1) is 23.0. The van der Waals surface area contributed by atoms with Gasteiger partial charge < -0.3 is 14.2 Å². The lowest BCUT2D eigenvalue weighted by molar-refractivity contribution is -0.274. The number of methoxy groups -OCH3 is 1. The molecule has 33 heavy (non-hydrogen) atoms. The summed E-state index contributed by atoms with van der Waals surface area (Å²) in [7, 11) is 1.27. The van der Waals surface area contributed by atoms with Crippen LogP contribution in [0, 0.1) is 0 Å². The van der Waals surface area contributed by atoms with E-state index in [1.54, 1.807) is 0 Å². The number of hydrogen-bond acceptors (Lipinski definition) is 7. The summed E-state index contributed by atoms with van der Waals surface area (Å²) in [5.41, 5.74) is 1.06. The van der Waals surface area contributed by atoms with E-state index in [2.05, 4.69) is 14.5 Å². The average molecular weight is 480 g/mol. The molecule has 0 N–H and O–H groups in total. The number of carbonyl (C=O) groups is 2. The number of benzene rings is 2. The Balaban J connectivity index is 1.65. The molecule has 1 unspecified atom stereocenters. The molecule has 1 fully saturated rings. The Bertz CT molecular complexity index is 1160. The number of aromatic nitrogens is 1. The molecule has 2 aromatic carbocycles. The number of alkyl halides is 3. The highest BCUT2D eigenvalue weighted by atomic mass is 32.1. The zero-order chi connectivity index (χ0) is 23.6. The van der Waals surface area contributed by atoms with Crippen LogP contribution in [0.2, 0.25) is 0 Å². The summed E-state index contributed by atoms with van der Waals surface area (Å²) in [4.78, 5) is 30.9. The van der Waals surface area contributed by atoms with Crippen LogP contribution >= 0.6 is 11.3 Å². The van der Waals surface area contributed by atoms with Gasteiger partial charge in [0.1, 0.15) is 5.75 Å². The summed E-state index contributed by atoms with van der Waals surface area (Å²) >= 11 is 1.08. The Morgan fingerprint density at radius 2 is 1.91 bits per heavy atom. The van der Waals surface area contributed by atoms with Gasteiger partial charge in [0.15, 0.2) is 5.13 Å². The van der Waals surface area contributed by atoms with Crippen LogP contribution in [0.4, 0.5) is 18.3 Å². The number of halogens is 3. The minimum absolute atomic E-state index is 0.181. The van der Waals surface area contributed by atoms with Crippen molar-refractivity contribution in [1.82, 2.24) is 4.98 Å². The zero-order valence-corrected chi connectivity index (χ0v) is 18.2. The molecule has 1 aromatic heterocycles.